The molecule has 2 aromatic carbocycles. The first-order valence-corrected chi connectivity index (χ1v) is 12.8. The largest absolute Gasteiger partial charge is 0.497 e. The zero-order chi connectivity index (χ0) is 25.9. The number of piperazine rings is 1. The Hall–Kier alpha value is -4.01. The van der Waals surface area contributed by atoms with E-state index in [1.807, 2.05) is 42.3 Å². The fourth-order valence-electron chi connectivity index (χ4n) is 4.99. The fraction of sp³-hybridized carbons (Fsp3) is 0.393. The molecule has 37 heavy (non-hydrogen) atoms. The molecule has 0 spiro atoms. The molecule has 1 aromatic heterocycles. The highest BCUT2D eigenvalue weighted by molar-refractivity contribution is 5.94. The zero-order valence-electron chi connectivity index (χ0n) is 21.2. The van der Waals surface area contributed by atoms with Gasteiger partial charge in [-0.25, -0.2) is 4.79 Å². The Balaban J connectivity index is 1.31. The number of rotatable bonds is 7. The van der Waals surface area contributed by atoms with Crippen LogP contribution in [0.3, 0.4) is 0 Å². The number of carbonyl (C=O) groups excluding carboxylic acids is 3. The topological polar surface area (TPSA) is 107 Å². The molecule has 2 aliphatic rings. The third-order valence-electron chi connectivity index (χ3n) is 7.20. The predicted octanol–water partition coefficient (Wildman–Crippen LogP) is 3.38. The van der Waals surface area contributed by atoms with E-state index in [1.165, 1.54) is 0 Å². The summed E-state index contributed by atoms with van der Waals surface area (Å²) in [7, 11) is 1.58. The first-order chi connectivity index (χ1) is 17.9. The van der Waals surface area contributed by atoms with Crippen LogP contribution in [-0.4, -0.2) is 71.5 Å². The lowest BCUT2D eigenvalue weighted by Crippen LogP contribution is -2.59. The van der Waals surface area contributed by atoms with Gasteiger partial charge in [0.05, 0.1) is 7.11 Å². The molecule has 3 N–H and O–H groups in total. The van der Waals surface area contributed by atoms with Crippen LogP contribution in [0.25, 0.3) is 10.9 Å². The average Bonchev–Trinajstić information content (AvgIpc) is 3.69. The second-order valence-corrected chi connectivity index (χ2v) is 9.88. The highest BCUT2D eigenvalue weighted by atomic mass is 16.5. The normalized spacial score (nSPS) is 18.4. The number of urea groups is 1. The molecule has 0 bridgehead atoms. The second kappa shape index (κ2) is 10.5. The van der Waals surface area contributed by atoms with Crippen molar-refractivity contribution >= 4 is 34.4 Å². The Kier molecular flexibility index (Phi) is 7.03. The fourth-order valence-corrected chi connectivity index (χ4v) is 4.99. The minimum Gasteiger partial charge on any atom is -0.497 e. The number of para-hydroxylation sites is 1. The maximum Gasteiger partial charge on any atom is 0.319 e. The summed E-state index contributed by atoms with van der Waals surface area (Å²) in [6.07, 6.45) is 4.16. The first-order valence-electron chi connectivity index (χ1n) is 12.8. The van der Waals surface area contributed by atoms with Gasteiger partial charge < -0.3 is 30.2 Å². The molecule has 194 valence electrons. The molecule has 3 aromatic rings. The van der Waals surface area contributed by atoms with Gasteiger partial charge in [-0.05, 0) is 55.7 Å². The SMILES string of the molecule is COc1ccc(NC(=O)NC(Cc2c[nH]c3ccccc23)C(=O)N2CCN(C(=O)C3CC3)C(C)C2)cc1. The first kappa shape index (κ1) is 24.7. The van der Waals surface area contributed by atoms with E-state index < -0.39 is 12.1 Å². The number of ether oxygens (including phenoxy) is 1. The molecule has 2 atom stereocenters. The maximum absolute atomic E-state index is 13.8. The van der Waals surface area contributed by atoms with Gasteiger partial charge in [0.1, 0.15) is 11.8 Å². The summed E-state index contributed by atoms with van der Waals surface area (Å²) in [4.78, 5) is 46.3. The van der Waals surface area contributed by atoms with Crippen molar-refractivity contribution in [2.24, 2.45) is 5.92 Å². The van der Waals surface area contributed by atoms with Crippen molar-refractivity contribution in [3.05, 3.63) is 60.3 Å². The number of carbonyl (C=O) groups is 3. The van der Waals surface area contributed by atoms with Gasteiger partial charge in [-0.2, -0.15) is 0 Å². The molecule has 0 radical (unpaired) electrons. The second-order valence-electron chi connectivity index (χ2n) is 9.88. The van der Waals surface area contributed by atoms with Crippen LogP contribution in [0.5, 0.6) is 5.75 Å². The van der Waals surface area contributed by atoms with Crippen molar-refractivity contribution < 1.29 is 19.1 Å². The summed E-state index contributed by atoms with van der Waals surface area (Å²) in [6.45, 7) is 3.40. The van der Waals surface area contributed by atoms with Crippen LogP contribution in [-0.2, 0) is 16.0 Å². The molecule has 1 saturated carbocycles. The summed E-state index contributed by atoms with van der Waals surface area (Å²) in [6, 6.07) is 13.6. The van der Waals surface area contributed by atoms with Gasteiger partial charge in [0, 0.05) is 60.8 Å². The number of anilines is 1. The van der Waals surface area contributed by atoms with Gasteiger partial charge in [0.15, 0.2) is 0 Å². The van der Waals surface area contributed by atoms with E-state index in [2.05, 4.69) is 15.6 Å². The number of amides is 4. The molecule has 1 aliphatic carbocycles. The highest BCUT2D eigenvalue weighted by Gasteiger charge is 2.39. The van der Waals surface area contributed by atoms with E-state index in [-0.39, 0.29) is 23.8 Å². The van der Waals surface area contributed by atoms with Crippen LogP contribution >= 0.6 is 0 Å². The van der Waals surface area contributed by atoms with Crippen LogP contribution < -0.4 is 15.4 Å². The average molecular weight is 504 g/mol. The summed E-state index contributed by atoms with van der Waals surface area (Å²) < 4.78 is 5.17. The van der Waals surface area contributed by atoms with Gasteiger partial charge >= 0.3 is 6.03 Å². The van der Waals surface area contributed by atoms with Gasteiger partial charge in [0.25, 0.3) is 0 Å². The standard InChI is InChI=1S/C28H33N5O4/c1-18-17-32(13-14-33(18)26(34)19-7-8-19)27(35)25(15-20-16-29-24-6-4-3-5-23(20)24)31-28(36)30-21-9-11-22(37-2)12-10-21/h3-6,9-12,16,18-19,25,29H,7-8,13-15,17H2,1-2H3,(H2,30,31,36). The van der Waals surface area contributed by atoms with Gasteiger partial charge in [-0.3, -0.25) is 9.59 Å². The Morgan fingerprint density at radius 1 is 1.08 bits per heavy atom. The van der Waals surface area contributed by atoms with Crippen molar-refractivity contribution in [3.63, 3.8) is 0 Å². The molecule has 5 rings (SSSR count). The lowest BCUT2D eigenvalue weighted by molar-refractivity contribution is -0.144. The number of aromatic nitrogens is 1. The van der Waals surface area contributed by atoms with E-state index >= 15 is 0 Å². The Labute approximate surface area is 216 Å². The summed E-state index contributed by atoms with van der Waals surface area (Å²) in [5.41, 5.74) is 2.53. The number of nitrogens with zero attached hydrogens (tertiary/aromatic N) is 2. The number of hydrogen-bond donors (Lipinski definition) is 3. The molecular formula is C28H33N5O4. The van der Waals surface area contributed by atoms with Gasteiger partial charge in [-0.15, -0.1) is 0 Å². The number of H-pyrrole nitrogens is 1. The summed E-state index contributed by atoms with van der Waals surface area (Å²) >= 11 is 0. The third-order valence-corrected chi connectivity index (χ3v) is 7.20. The molecule has 1 aliphatic heterocycles. The molecule has 9 heteroatoms. The molecule has 4 amide bonds. The number of aromatic amines is 1. The van der Waals surface area contributed by atoms with Crippen LogP contribution in [0.2, 0.25) is 0 Å². The predicted molar refractivity (Wildman–Crippen MR) is 141 cm³/mol. The van der Waals surface area contributed by atoms with Crippen molar-refractivity contribution in [1.29, 1.82) is 0 Å². The van der Waals surface area contributed by atoms with Crippen LogP contribution in [0.1, 0.15) is 25.3 Å². The van der Waals surface area contributed by atoms with E-state index in [9.17, 15) is 14.4 Å². The minimum absolute atomic E-state index is 0.0623. The number of benzene rings is 2. The molecule has 1 saturated heterocycles. The number of methoxy groups -OCH3 is 1. The van der Waals surface area contributed by atoms with Gasteiger partial charge in [0.2, 0.25) is 11.8 Å². The van der Waals surface area contributed by atoms with E-state index in [4.69, 9.17) is 4.74 Å². The van der Waals surface area contributed by atoms with Crippen molar-refractivity contribution in [2.45, 2.75) is 38.3 Å². The number of fused-ring (bicyclic) bond motifs is 1. The Morgan fingerprint density at radius 2 is 1.84 bits per heavy atom. The van der Waals surface area contributed by atoms with Crippen molar-refractivity contribution in [3.8, 4) is 5.75 Å². The van der Waals surface area contributed by atoms with Crippen LogP contribution in [0.15, 0.2) is 54.7 Å². The molecule has 2 fully saturated rings. The van der Waals surface area contributed by atoms with E-state index in [0.29, 0.717) is 37.5 Å². The van der Waals surface area contributed by atoms with Gasteiger partial charge in [-0.1, -0.05) is 18.2 Å². The molecule has 2 unspecified atom stereocenters. The highest BCUT2D eigenvalue weighted by Crippen LogP contribution is 2.32. The summed E-state index contributed by atoms with van der Waals surface area (Å²) in [5.74, 6) is 0.891. The molecular weight excluding hydrogens is 470 g/mol. The van der Waals surface area contributed by atoms with Crippen LogP contribution in [0, 0.1) is 5.92 Å². The minimum atomic E-state index is -0.768. The smallest absolute Gasteiger partial charge is 0.319 e. The zero-order valence-corrected chi connectivity index (χ0v) is 21.2. The lowest BCUT2D eigenvalue weighted by Gasteiger charge is -2.41. The van der Waals surface area contributed by atoms with E-state index in [0.717, 1.165) is 29.3 Å². The number of hydrogen-bond acceptors (Lipinski definition) is 4. The maximum atomic E-state index is 13.8. The van der Waals surface area contributed by atoms with Crippen LogP contribution in [0.4, 0.5) is 10.5 Å². The summed E-state index contributed by atoms with van der Waals surface area (Å²) in [5, 5.41) is 6.73. The van der Waals surface area contributed by atoms with Crippen molar-refractivity contribution in [2.75, 3.05) is 32.1 Å². The van der Waals surface area contributed by atoms with Crippen molar-refractivity contribution in [1.82, 2.24) is 20.1 Å². The monoisotopic (exact) mass is 503 g/mol. The number of nitrogens with one attached hydrogen (secondary N) is 3. The lowest BCUT2D eigenvalue weighted by atomic mass is 10.0. The Bertz CT molecular complexity index is 1280. The molecule has 9 nitrogen and oxygen atoms in total. The molecule has 2 heterocycles. The third kappa shape index (κ3) is 5.55. The quantitative estimate of drug-likeness (QED) is 0.460. The van der Waals surface area contributed by atoms with E-state index in [1.54, 1.807) is 36.3 Å². The Morgan fingerprint density at radius 3 is 2.54 bits per heavy atom.